The minimum atomic E-state index is -0.200. The molecule has 4 nitrogen and oxygen atoms in total. The largest absolute Gasteiger partial charge is 0.484 e. The summed E-state index contributed by atoms with van der Waals surface area (Å²) in [6, 6.07) is 22.8. The summed E-state index contributed by atoms with van der Waals surface area (Å²) in [7, 11) is 0. The molecular formula is C23H20N2O2. The standard InChI is InChI=1S/C23H20N2O2/c1-16-3-10-21(13-17(16)2)25-23(26)15-27-22-11-8-20(9-12-22)19-6-4-18(14-24)5-7-19/h3-13H,15H2,1-2H3,(H,25,26). The van der Waals surface area contributed by atoms with E-state index in [1.807, 2.05) is 68.4 Å². The first-order chi connectivity index (χ1) is 13.0. The first kappa shape index (κ1) is 18.2. The number of ether oxygens (including phenoxy) is 1. The molecule has 0 bridgehead atoms. The number of amides is 1. The van der Waals surface area contributed by atoms with Gasteiger partial charge in [0.25, 0.3) is 5.91 Å². The quantitative estimate of drug-likeness (QED) is 0.710. The van der Waals surface area contributed by atoms with E-state index < -0.39 is 0 Å². The molecule has 134 valence electrons. The van der Waals surface area contributed by atoms with Crippen LogP contribution in [0, 0.1) is 25.2 Å². The van der Waals surface area contributed by atoms with E-state index in [1.165, 1.54) is 5.56 Å². The van der Waals surface area contributed by atoms with Crippen LogP contribution < -0.4 is 10.1 Å². The summed E-state index contributed by atoms with van der Waals surface area (Å²) < 4.78 is 5.57. The predicted molar refractivity (Wildman–Crippen MR) is 107 cm³/mol. The minimum absolute atomic E-state index is 0.0524. The number of anilines is 1. The van der Waals surface area contributed by atoms with Gasteiger partial charge in [-0.2, -0.15) is 5.26 Å². The second-order valence-electron chi connectivity index (χ2n) is 6.35. The maximum Gasteiger partial charge on any atom is 0.262 e. The summed E-state index contributed by atoms with van der Waals surface area (Å²) in [4.78, 5) is 12.1. The van der Waals surface area contributed by atoms with E-state index in [1.54, 1.807) is 12.1 Å². The number of carbonyl (C=O) groups is 1. The first-order valence-electron chi connectivity index (χ1n) is 8.65. The Bertz CT molecular complexity index is 984. The Morgan fingerprint density at radius 3 is 2.15 bits per heavy atom. The molecule has 0 radical (unpaired) electrons. The van der Waals surface area contributed by atoms with Gasteiger partial charge in [0.2, 0.25) is 0 Å². The summed E-state index contributed by atoms with van der Waals surface area (Å²) in [5, 5.41) is 11.7. The van der Waals surface area contributed by atoms with Gasteiger partial charge in [0.1, 0.15) is 5.75 Å². The summed E-state index contributed by atoms with van der Waals surface area (Å²) in [5.74, 6) is 0.428. The lowest BCUT2D eigenvalue weighted by molar-refractivity contribution is -0.118. The number of nitriles is 1. The van der Waals surface area contributed by atoms with Gasteiger partial charge in [-0.15, -0.1) is 0 Å². The minimum Gasteiger partial charge on any atom is -0.484 e. The molecule has 0 saturated carbocycles. The fraction of sp³-hybridized carbons (Fsp3) is 0.130. The van der Waals surface area contributed by atoms with Gasteiger partial charge in [0, 0.05) is 5.69 Å². The van der Waals surface area contributed by atoms with Crippen molar-refractivity contribution in [3.63, 3.8) is 0 Å². The molecule has 0 fully saturated rings. The summed E-state index contributed by atoms with van der Waals surface area (Å²) in [6.45, 7) is 3.99. The average molecular weight is 356 g/mol. The van der Waals surface area contributed by atoms with Gasteiger partial charge in [-0.25, -0.2) is 0 Å². The Morgan fingerprint density at radius 2 is 1.56 bits per heavy atom. The molecule has 3 rings (SSSR count). The predicted octanol–water partition coefficient (Wildman–Crippen LogP) is 4.86. The molecule has 0 spiro atoms. The Labute approximate surface area is 159 Å². The van der Waals surface area contributed by atoms with E-state index in [0.717, 1.165) is 22.4 Å². The van der Waals surface area contributed by atoms with Crippen LogP contribution in [-0.2, 0) is 4.79 Å². The molecule has 0 aliphatic rings. The zero-order valence-electron chi connectivity index (χ0n) is 15.3. The number of rotatable bonds is 5. The molecule has 0 aliphatic heterocycles. The zero-order chi connectivity index (χ0) is 19.2. The van der Waals surface area contributed by atoms with Gasteiger partial charge < -0.3 is 10.1 Å². The van der Waals surface area contributed by atoms with Crippen molar-refractivity contribution >= 4 is 11.6 Å². The van der Waals surface area contributed by atoms with Gasteiger partial charge in [0.15, 0.2) is 6.61 Å². The number of aryl methyl sites for hydroxylation is 2. The van der Waals surface area contributed by atoms with Crippen LogP contribution in [0.25, 0.3) is 11.1 Å². The highest BCUT2D eigenvalue weighted by Gasteiger charge is 2.05. The number of nitrogens with zero attached hydrogens (tertiary/aromatic N) is 1. The van der Waals surface area contributed by atoms with E-state index in [-0.39, 0.29) is 12.5 Å². The monoisotopic (exact) mass is 356 g/mol. The third-order valence-electron chi connectivity index (χ3n) is 4.36. The van der Waals surface area contributed by atoms with E-state index in [0.29, 0.717) is 11.3 Å². The van der Waals surface area contributed by atoms with Gasteiger partial charge in [-0.3, -0.25) is 4.79 Å². The molecule has 0 atom stereocenters. The van der Waals surface area contributed by atoms with Crippen molar-refractivity contribution in [2.75, 3.05) is 11.9 Å². The van der Waals surface area contributed by atoms with Gasteiger partial charge >= 0.3 is 0 Å². The average Bonchev–Trinajstić information content (AvgIpc) is 2.70. The third kappa shape index (κ3) is 4.74. The maximum absolute atomic E-state index is 12.1. The molecular weight excluding hydrogens is 336 g/mol. The zero-order valence-corrected chi connectivity index (χ0v) is 15.3. The van der Waals surface area contributed by atoms with E-state index in [2.05, 4.69) is 11.4 Å². The smallest absolute Gasteiger partial charge is 0.262 e. The molecule has 0 aromatic heterocycles. The van der Waals surface area contributed by atoms with E-state index >= 15 is 0 Å². The van der Waals surface area contributed by atoms with Crippen molar-refractivity contribution in [2.45, 2.75) is 13.8 Å². The molecule has 3 aromatic rings. The molecule has 0 heterocycles. The Balaban J connectivity index is 1.57. The Kier molecular flexibility index (Phi) is 5.53. The van der Waals surface area contributed by atoms with Gasteiger partial charge in [0.05, 0.1) is 11.6 Å². The number of nitrogens with one attached hydrogen (secondary N) is 1. The fourth-order valence-corrected chi connectivity index (χ4v) is 2.65. The van der Waals surface area contributed by atoms with Crippen LogP contribution in [0.3, 0.4) is 0 Å². The molecule has 3 aromatic carbocycles. The summed E-state index contributed by atoms with van der Waals surface area (Å²) >= 11 is 0. The van der Waals surface area contributed by atoms with Crippen LogP contribution in [-0.4, -0.2) is 12.5 Å². The highest BCUT2D eigenvalue weighted by atomic mass is 16.5. The van der Waals surface area contributed by atoms with Crippen molar-refractivity contribution < 1.29 is 9.53 Å². The van der Waals surface area contributed by atoms with E-state index in [9.17, 15) is 4.79 Å². The van der Waals surface area contributed by atoms with Crippen LogP contribution in [0.15, 0.2) is 66.7 Å². The Morgan fingerprint density at radius 1 is 0.926 bits per heavy atom. The molecule has 4 heteroatoms. The van der Waals surface area contributed by atoms with Gasteiger partial charge in [-0.05, 0) is 72.5 Å². The first-order valence-corrected chi connectivity index (χ1v) is 8.65. The topological polar surface area (TPSA) is 62.1 Å². The van der Waals surface area contributed by atoms with Crippen LogP contribution in [0.5, 0.6) is 5.75 Å². The molecule has 0 aliphatic carbocycles. The molecule has 1 N–H and O–H groups in total. The van der Waals surface area contributed by atoms with Crippen molar-refractivity contribution in [1.82, 2.24) is 0 Å². The van der Waals surface area contributed by atoms with Crippen LogP contribution in [0.4, 0.5) is 5.69 Å². The fourth-order valence-electron chi connectivity index (χ4n) is 2.65. The molecule has 27 heavy (non-hydrogen) atoms. The van der Waals surface area contributed by atoms with Crippen LogP contribution in [0.2, 0.25) is 0 Å². The van der Waals surface area contributed by atoms with Crippen molar-refractivity contribution in [3.05, 3.63) is 83.4 Å². The second kappa shape index (κ2) is 8.20. The van der Waals surface area contributed by atoms with Crippen LogP contribution in [0.1, 0.15) is 16.7 Å². The van der Waals surface area contributed by atoms with Crippen molar-refractivity contribution in [3.8, 4) is 22.9 Å². The number of benzene rings is 3. The lowest BCUT2D eigenvalue weighted by Crippen LogP contribution is -2.20. The number of hydrogen-bond acceptors (Lipinski definition) is 3. The molecule has 0 saturated heterocycles. The summed E-state index contributed by atoms with van der Waals surface area (Å²) in [6.07, 6.45) is 0. The Hall–Kier alpha value is -3.58. The van der Waals surface area contributed by atoms with Crippen LogP contribution >= 0.6 is 0 Å². The van der Waals surface area contributed by atoms with Gasteiger partial charge in [-0.1, -0.05) is 30.3 Å². The third-order valence-corrected chi connectivity index (χ3v) is 4.36. The summed E-state index contributed by atoms with van der Waals surface area (Å²) in [5.41, 5.74) is 5.76. The van der Waals surface area contributed by atoms with E-state index in [4.69, 9.17) is 10.00 Å². The molecule has 0 unspecified atom stereocenters. The lowest BCUT2D eigenvalue weighted by atomic mass is 10.0. The SMILES string of the molecule is Cc1ccc(NC(=O)COc2ccc(-c3ccc(C#N)cc3)cc2)cc1C. The maximum atomic E-state index is 12.1. The van der Waals surface area contributed by atoms with Crippen molar-refractivity contribution in [1.29, 1.82) is 5.26 Å². The molecule has 1 amide bonds. The second-order valence-corrected chi connectivity index (χ2v) is 6.35. The highest BCUT2D eigenvalue weighted by Crippen LogP contribution is 2.23. The highest BCUT2D eigenvalue weighted by molar-refractivity contribution is 5.92. The van der Waals surface area contributed by atoms with Crippen molar-refractivity contribution in [2.24, 2.45) is 0 Å². The lowest BCUT2D eigenvalue weighted by Gasteiger charge is -2.10. The number of carbonyl (C=O) groups excluding carboxylic acids is 1. The normalized spacial score (nSPS) is 10.1. The number of hydrogen-bond donors (Lipinski definition) is 1.